The molecule has 1 amide bonds. The van der Waals surface area contributed by atoms with Crippen LogP contribution < -0.4 is 5.32 Å². The molecular formula is C18H34N2O2. The Morgan fingerprint density at radius 1 is 1.27 bits per heavy atom. The maximum absolute atomic E-state index is 12.2. The van der Waals surface area contributed by atoms with Crippen LogP contribution in [0.15, 0.2) is 0 Å². The maximum Gasteiger partial charge on any atom is 0.410 e. The van der Waals surface area contributed by atoms with Gasteiger partial charge in [0.05, 0.1) is 0 Å². The van der Waals surface area contributed by atoms with Crippen molar-refractivity contribution in [3.8, 4) is 0 Å². The van der Waals surface area contributed by atoms with Crippen molar-refractivity contribution in [1.82, 2.24) is 10.2 Å². The van der Waals surface area contributed by atoms with Crippen LogP contribution in [0.5, 0.6) is 0 Å². The molecule has 1 saturated heterocycles. The SMILES string of the molecule is CCCC1(CNC2CCCN(C(=O)OC(C)(C)C)CC2)CC1. The highest BCUT2D eigenvalue weighted by molar-refractivity contribution is 5.68. The first-order chi connectivity index (χ1) is 10.3. The van der Waals surface area contributed by atoms with E-state index in [1.165, 1.54) is 32.1 Å². The second-order valence-electron chi connectivity index (χ2n) is 8.23. The number of ether oxygens (including phenoxy) is 1. The lowest BCUT2D eigenvalue weighted by atomic mass is 9.99. The van der Waals surface area contributed by atoms with Gasteiger partial charge in [-0.2, -0.15) is 0 Å². The number of rotatable bonds is 5. The Morgan fingerprint density at radius 3 is 2.59 bits per heavy atom. The largest absolute Gasteiger partial charge is 0.444 e. The van der Waals surface area contributed by atoms with Gasteiger partial charge in [0.1, 0.15) is 5.60 Å². The average molecular weight is 310 g/mol. The summed E-state index contributed by atoms with van der Waals surface area (Å²) < 4.78 is 5.49. The maximum atomic E-state index is 12.2. The van der Waals surface area contributed by atoms with Crippen LogP contribution in [0.4, 0.5) is 4.79 Å². The Labute approximate surface area is 136 Å². The molecule has 0 aromatic heterocycles. The zero-order valence-electron chi connectivity index (χ0n) is 14.9. The van der Waals surface area contributed by atoms with E-state index in [4.69, 9.17) is 4.74 Å². The number of hydrogen-bond acceptors (Lipinski definition) is 3. The van der Waals surface area contributed by atoms with Crippen molar-refractivity contribution in [2.24, 2.45) is 5.41 Å². The smallest absolute Gasteiger partial charge is 0.410 e. The van der Waals surface area contributed by atoms with Gasteiger partial charge in [0.2, 0.25) is 0 Å². The van der Waals surface area contributed by atoms with E-state index in [9.17, 15) is 4.79 Å². The van der Waals surface area contributed by atoms with Crippen LogP contribution in [-0.2, 0) is 4.74 Å². The molecule has 0 spiro atoms. The van der Waals surface area contributed by atoms with Crippen LogP contribution in [0.1, 0.15) is 72.6 Å². The number of hydrogen-bond donors (Lipinski definition) is 1. The number of nitrogens with zero attached hydrogens (tertiary/aromatic N) is 1. The van der Waals surface area contributed by atoms with Crippen molar-refractivity contribution < 1.29 is 9.53 Å². The third kappa shape index (κ3) is 5.45. The second-order valence-corrected chi connectivity index (χ2v) is 8.23. The first-order valence-electron chi connectivity index (χ1n) is 9.05. The lowest BCUT2D eigenvalue weighted by Gasteiger charge is -2.26. The molecule has 1 atom stereocenters. The molecule has 4 heteroatoms. The average Bonchev–Trinajstić information content (AvgIpc) is 3.18. The standard InChI is InChI=1S/C18H34N2O2/c1-5-9-18(10-11-18)14-19-15-7-6-12-20(13-8-15)16(21)22-17(2,3)4/h15,19H,5-14H2,1-4H3. The minimum atomic E-state index is -0.403. The summed E-state index contributed by atoms with van der Waals surface area (Å²) in [5, 5.41) is 3.78. The number of carbonyl (C=O) groups is 1. The van der Waals surface area contributed by atoms with E-state index in [1.54, 1.807) is 0 Å². The highest BCUT2D eigenvalue weighted by atomic mass is 16.6. The van der Waals surface area contributed by atoms with Gasteiger partial charge in [-0.15, -0.1) is 0 Å². The Bertz CT molecular complexity index is 372. The summed E-state index contributed by atoms with van der Waals surface area (Å²) in [7, 11) is 0. The van der Waals surface area contributed by atoms with E-state index in [2.05, 4.69) is 12.2 Å². The molecule has 0 aromatic carbocycles. The molecule has 2 fully saturated rings. The first-order valence-corrected chi connectivity index (χ1v) is 9.05. The summed E-state index contributed by atoms with van der Waals surface area (Å²) in [6.07, 6.45) is 8.56. The fourth-order valence-electron chi connectivity index (χ4n) is 3.39. The summed E-state index contributed by atoms with van der Waals surface area (Å²) in [6.45, 7) is 10.9. The van der Waals surface area contributed by atoms with Crippen molar-refractivity contribution in [3.05, 3.63) is 0 Å². The third-order valence-electron chi connectivity index (χ3n) is 4.88. The predicted molar refractivity (Wildman–Crippen MR) is 90.0 cm³/mol. The quantitative estimate of drug-likeness (QED) is 0.836. The lowest BCUT2D eigenvalue weighted by molar-refractivity contribution is 0.0256. The fourth-order valence-corrected chi connectivity index (χ4v) is 3.39. The molecule has 2 aliphatic rings. The monoisotopic (exact) mass is 310 g/mol. The molecule has 128 valence electrons. The van der Waals surface area contributed by atoms with Crippen LogP contribution in [0.25, 0.3) is 0 Å². The van der Waals surface area contributed by atoms with Crippen molar-refractivity contribution in [2.45, 2.75) is 84.3 Å². The van der Waals surface area contributed by atoms with E-state index in [-0.39, 0.29) is 6.09 Å². The van der Waals surface area contributed by atoms with E-state index < -0.39 is 5.60 Å². The highest BCUT2D eigenvalue weighted by Gasteiger charge is 2.41. The zero-order chi connectivity index (χ0) is 16.2. The zero-order valence-corrected chi connectivity index (χ0v) is 14.9. The van der Waals surface area contributed by atoms with Gasteiger partial charge in [-0.1, -0.05) is 13.3 Å². The molecule has 1 aliphatic heterocycles. The van der Waals surface area contributed by atoms with Crippen molar-refractivity contribution in [1.29, 1.82) is 0 Å². The van der Waals surface area contributed by atoms with E-state index in [1.807, 2.05) is 25.7 Å². The summed E-state index contributed by atoms with van der Waals surface area (Å²) in [5.74, 6) is 0. The highest BCUT2D eigenvalue weighted by Crippen LogP contribution is 2.49. The molecule has 4 nitrogen and oxygen atoms in total. The summed E-state index contributed by atoms with van der Waals surface area (Å²) in [5.41, 5.74) is 0.200. The van der Waals surface area contributed by atoms with Gasteiger partial charge in [0.15, 0.2) is 0 Å². The fraction of sp³-hybridized carbons (Fsp3) is 0.944. The molecule has 0 aromatic rings. The van der Waals surface area contributed by atoms with Gasteiger partial charge >= 0.3 is 6.09 Å². The third-order valence-corrected chi connectivity index (χ3v) is 4.88. The normalized spacial score (nSPS) is 24.7. The van der Waals surface area contributed by atoms with Gasteiger partial charge in [-0.3, -0.25) is 0 Å². The Morgan fingerprint density at radius 2 is 2.00 bits per heavy atom. The Kier molecular flexibility index (Phi) is 5.76. The second kappa shape index (κ2) is 7.20. The van der Waals surface area contributed by atoms with Gasteiger partial charge in [-0.05, 0) is 64.7 Å². The van der Waals surface area contributed by atoms with Crippen molar-refractivity contribution in [3.63, 3.8) is 0 Å². The van der Waals surface area contributed by atoms with Gasteiger partial charge in [0, 0.05) is 25.7 Å². The molecule has 1 aliphatic carbocycles. The molecular weight excluding hydrogens is 276 g/mol. The van der Waals surface area contributed by atoms with Crippen molar-refractivity contribution in [2.75, 3.05) is 19.6 Å². The van der Waals surface area contributed by atoms with Crippen molar-refractivity contribution >= 4 is 6.09 Å². The number of likely N-dealkylation sites (tertiary alicyclic amines) is 1. The molecule has 1 heterocycles. The molecule has 2 rings (SSSR count). The number of nitrogens with one attached hydrogen (secondary N) is 1. The molecule has 0 radical (unpaired) electrons. The van der Waals surface area contributed by atoms with E-state index in [0.717, 1.165) is 32.5 Å². The Balaban J connectivity index is 1.74. The van der Waals surface area contributed by atoms with E-state index in [0.29, 0.717) is 11.5 Å². The first kappa shape index (κ1) is 17.6. The predicted octanol–water partition coefficient (Wildman–Crippen LogP) is 3.95. The minimum absolute atomic E-state index is 0.155. The molecule has 1 saturated carbocycles. The summed E-state index contributed by atoms with van der Waals surface area (Å²) in [4.78, 5) is 14.0. The summed E-state index contributed by atoms with van der Waals surface area (Å²) in [6, 6.07) is 0.557. The molecule has 22 heavy (non-hydrogen) atoms. The Hall–Kier alpha value is -0.770. The molecule has 0 bridgehead atoms. The van der Waals surface area contributed by atoms with Gasteiger partial charge in [0.25, 0.3) is 0 Å². The topological polar surface area (TPSA) is 41.6 Å². The van der Waals surface area contributed by atoms with Crippen LogP contribution in [-0.4, -0.2) is 42.3 Å². The molecule has 1 N–H and O–H groups in total. The van der Waals surface area contributed by atoms with Gasteiger partial charge < -0.3 is 15.0 Å². The van der Waals surface area contributed by atoms with Crippen LogP contribution >= 0.6 is 0 Å². The minimum Gasteiger partial charge on any atom is -0.444 e. The van der Waals surface area contributed by atoms with Crippen LogP contribution in [0.3, 0.4) is 0 Å². The lowest BCUT2D eigenvalue weighted by Crippen LogP contribution is -2.38. The number of amides is 1. The van der Waals surface area contributed by atoms with E-state index >= 15 is 0 Å². The molecule has 1 unspecified atom stereocenters. The van der Waals surface area contributed by atoms with Crippen LogP contribution in [0.2, 0.25) is 0 Å². The van der Waals surface area contributed by atoms with Crippen LogP contribution in [0, 0.1) is 5.41 Å². The van der Waals surface area contributed by atoms with Gasteiger partial charge in [-0.25, -0.2) is 4.79 Å². The summed E-state index contributed by atoms with van der Waals surface area (Å²) >= 11 is 0. The number of carbonyl (C=O) groups excluding carboxylic acids is 1.